The van der Waals surface area contributed by atoms with Gasteiger partial charge in [-0.15, -0.1) is 0 Å². The van der Waals surface area contributed by atoms with Gasteiger partial charge in [0, 0.05) is 6.42 Å². The molecule has 0 rings (SSSR count). The van der Waals surface area contributed by atoms with E-state index < -0.39 is 18.1 Å². The first-order valence-electron chi connectivity index (χ1n) is 3.40. The molecule has 0 aliphatic rings. The lowest BCUT2D eigenvalue weighted by atomic mass is 10.2. The van der Waals surface area contributed by atoms with Gasteiger partial charge in [-0.3, -0.25) is 4.79 Å². The molecule has 0 aromatic heterocycles. The third kappa shape index (κ3) is 3.90. The maximum absolute atomic E-state index is 12.6. The molecule has 0 bridgehead atoms. The van der Waals surface area contributed by atoms with Gasteiger partial charge in [0.05, 0.1) is 14.2 Å². The number of ether oxygens (including phenoxy) is 2. The molecule has 0 amide bonds. The van der Waals surface area contributed by atoms with E-state index in [0.29, 0.717) is 0 Å². The highest BCUT2D eigenvalue weighted by atomic mass is 19.1. The summed E-state index contributed by atoms with van der Waals surface area (Å²) in [5.74, 6) is -1.50. The van der Waals surface area contributed by atoms with E-state index in [9.17, 15) is 14.0 Å². The number of hydrogen-bond acceptors (Lipinski definition) is 4. The van der Waals surface area contributed by atoms with Crippen molar-refractivity contribution in [1.29, 1.82) is 0 Å². The Hall–Kier alpha value is -1.13. The van der Waals surface area contributed by atoms with Crippen LogP contribution in [0.25, 0.3) is 0 Å². The van der Waals surface area contributed by atoms with E-state index in [4.69, 9.17) is 0 Å². The molecule has 0 spiro atoms. The fourth-order valence-electron chi connectivity index (χ4n) is 0.592. The van der Waals surface area contributed by atoms with Crippen molar-refractivity contribution in [2.24, 2.45) is 0 Å². The minimum Gasteiger partial charge on any atom is -0.469 e. The van der Waals surface area contributed by atoms with Gasteiger partial charge in [-0.05, 0) is 6.42 Å². The van der Waals surface area contributed by atoms with Crippen molar-refractivity contribution in [1.82, 2.24) is 0 Å². The molecule has 0 radical (unpaired) electrons. The first kappa shape index (κ1) is 10.9. The van der Waals surface area contributed by atoms with E-state index in [1.165, 1.54) is 7.11 Å². The number of halogens is 1. The van der Waals surface area contributed by atoms with E-state index in [2.05, 4.69) is 9.47 Å². The molecule has 4 nitrogen and oxygen atoms in total. The van der Waals surface area contributed by atoms with Crippen molar-refractivity contribution < 1.29 is 23.5 Å². The molecule has 0 fully saturated rings. The standard InChI is InChI=1S/C7H11FO4/c1-11-6(9)4-3-5(8)7(10)12-2/h5H,3-4H2,1-2H3. The molecule has 0 aliphatic heterocycles. The van der Waals surface area contributed by atoms with Gasteiger partial charge in [0.2, 0.25) is 0 Å². The van der Waals surface area contributed by atoms with Crippen LogP contribution in [-0.4, -0.2) is 32.3 Å². The molecule has 0 aliphatic carbocycles. The van der Waals surface area contributed by atoms with E-state index in [0.717, 1.165) is 7.11 Å². The third-order valence-corrected chi connectivity index (χ3v) is 1.29. The Labute approximate surface area is 69.6 Å². The first-order chi connectivity index (χ1) is 5.61. The van der Waals surface area contributed by atoms with Gasteiger partial charge in [0.1, 0.15) is 0 Å². The smallest absolute Gasteiger partial charge is 0.340 e. The maximum atomic E-state index is 12.6. The van der Waals surface area contributed by atoms with Gasteiger partial charge in [0.15, 0.2) is 6.17 Å². The van der Waals surface area contributed by atoms with Crippen LogP contribution in [-0.2, 0) is 19.1 Å². The summed E-state index contributed by atoms with van der Waals surface area (Å²) in [5.41, 5.74) is 0. The predicted molar refractivity (Wildman–Crippen MR) is 38.2 cm³/mol. The van der Waals surface area contributed by atoms with E-state index in [1.54, 1.807) is 0 Å². The summed E-state index contributed by atoms with van der Waals surface area (Å²) in [5, 5.41) is 0. The zero-order chi connectivity index (χ0) is 9.56. The van der Waals surface area contributed by atoms with Crippen LogP contribution >= 0.6 is 0 Å². The quantitative estimate of drug-likeness (QED) is 0.586. The summed E-state index contributed by atoms with van der Waals surface area (Å²) in [6.07, 6.45) is -2.05. The van der Waals surface area contributed by atoms with Crippen molar-refractivity contribution in [3.63, 3.8) is 0 Å². The molecule has 1 atom stereocenters. The lowest BCUT2D eigenvalue weighted by Crippen LogP contribution is -2.18. The molecule has 0 aromatic carbocycles. The van der Waals surface area contributed by atoms with Crippen molar-refractivity contribution >= 4 is 11.9 Å². The molecule has 0 aromatic rings. The summed E-state index contributed by atoms with van der Waals surface area (Å²) in [6.45, 7) is 0. The van der Waals surface area contributed by atoms with Gasteiger partial charge in [-0.25, -0.2) is 9.18 Å². The summed E-state index contributed by atoms with van der Waals surface area (Å²) in [7, 11) is 2.29. The Morgan fingerprint density at radius 1 is 1.33 bits per heavy atom. The fraction of sp³-hybridized carbons (Fsp3) is 0.714. The Morgan fingerprint density at radius 3 is 2.33 bits per heavy atom. The lowest BCUT2D eigenvalue weighted by molar-refractivity contribution is -0.147. The Balaban J connectivity index is 3.63. The number of carbonyl (C=O) groups is 2. The largest absolute Gasteiger partial charge is 0.469 e. The van der Waals surface area contributed by atoms with Crippen molar-refractivity contribution in [3.05, 3.63) is 0 Å². The van der Waals surface area contributed by atoms with E-state index >= 15 is 0 Å². The van der Waals surface area contributed by atoms with Crippen LogP contribution in [0.2, 0.25) is 0 Å². The molecule has 1 unspecified atom stereocenters. The first-order valence-corrected chi connectivity index (χ1v) is 3.40. The van der Waals surface area contributed by atoms with Crippen LogP contribution < -0.4 is 0 Å². The fourth-order valence-corrected chi connectivity index (χ4v) is 0.592. The Morgan fingerprint density at radius 2 is 1.92 bits per heavy atom. The lowest BCUT2D eigenvalue weighted by Gasteiger charge is -2.03. The SMILES string of the molecule is COC(=O)CCC(F)C(=O)OC. The molecule has 5 heteroatoms. The minimum absolute atomic E-state index is 0.118. The van der Waals surface area contributed by atoms with Crippen LogP contribution in [0, 0.1) is 0 Å². The predicted octanol–water partition coefficient (Wildman–Crippen LogP) is 0.451. The number of hydrogen-bond donors (Lipinski definition) is 0. The van der Waals surface area contributed by atoms with Crippen molar-refractivity contribution in [3.8, 4) is 0 Å². The number of alkyl halides is 1. The van der Waals surface area contributed by atoms with Crippen LogP contribution in [0.5, 0.6) is 0 Å². The Bertz CT molecular complexity index is 169. The summed E-state index contributed by atoms with van der Waals surface area (Å²) < 4.78 is 21.0. The average Bonchev–Trinajstić information content (AvgIpc) is 2.11. The van der Waals surface area contributed by atoms with Crippen LogP contribution in [0.15, 0.2) is 0 Å². The summed E-state index contributed by atoms with van der Waals surface area (Å²) >= 11 is 0. The number of methoxy groups -OCH3 is 2. The van der Waals surface area contributed by atoms with Gasteiger partial charge in [-0.2, -0.15) is 0 Å². The summed E-state index contributed by atoms with van der Waals surface area (Å²) in [4.78, 5) is 20.9. The second-order valence-electron chi connectivity index (χ2n) is 2.11. The number of rotatable bonds is 4. The molecule has 0 heterocycles. The van der Waals surface area contributed by atoms with E-state index in [1.807, 2.05) is 0 Å². The highest BCUT2D eigenvalue weighted by Gasteiger charge is 2.18. The monoisotopic (exact) mass is 178 g/mol. The van der Waals surface area contributed by atoms with Gasteiger partial charge < -0.3 is 9.47 Å². The number of carbonyl (C=O) groups excluding carboxylic acids is 2. The Kier molecular flexibility index (Phi) is 4.99. The second-order valence-corrected chi connectivity index (χ2v) is 2.11. The summed E-state index contributed by atoms with van der Waals surface area (Å²) in [6, 6.07) is 0. The molecule has 70 valence electrons. The third-order valence-electron chi connectivity index (χ3n) is 1.29. The zero-order valence-electron chi connectivity index (χ0n) is 7.00. The van der Waals surface area contributed by atoms with E-state index in [-0.39, 0.29) is 12.8 Å². The molecule has 0 N–H and O–H groups in total. The number of esters is 2. The topological polar surface area (TPSA) is 52.6 Å². The molecular weight excluding hydrogens is 167 g/mol. The molecule has 0 saturated heterocycles. The molecule has 12 heavy (non-hydrogen) atoms. The highest BCUT2D eigenvalue weighted by molar-refractivity contribution is 5.76. The van der Waals surface area contributed by atoms with Crippen molar-refractivity contribution in [2.45, 2.75) is 19.0 Å². The van der Waals surface area contributed by atoms with Gasteiger partial charge in [0.25, 0.3) is 0 Å². The van der Waals surface area contributed by atoms with Crippen molar-refractivity contribution in [2.75, 3.05) is 14.2 Å². The molecule has 0 saturated carbocycles. The van der Waals surface area contributed by atoms with Crippen LogP contribution in [0.4, 0.5) is 4.39 Å². The highest BCUT2D eigenvalue weighted by Crippen LogP contribution is 2.04. The molecular formula is C7H11FO4. The average molecular weight is 178 g/mol. The second kappa shape index (κ2) is 5.51. The maximum Gasteiger partial charge on any atom is 0.340 e. The normalized spacial score (nSPS) is 11.9. The van der Waals surface area contributed by atoms with Gasteiger partial charge >= 0.3 is 11.9 Å². The van der Waals surface area contributed by atoms with Crippen LogP contribution in [0.1, 0.15) is 12.8 Å². The zero-order valence-corrected chi connectivity index (χ0v) is 7.00. The minimum atomic E-state index is -1.74. The van der Waals surface area contributed by atoms with Gasteiger partial charge in [-0.1, -0.05) is 0 Å². The van der Waals surface area contributed by atoms with Crippen LogP contribution in [0.3, 0.4) is 0 Å².